The van der Waals surface area contributed by atoms with Crippen LogP contribution < -0.4 is 0 Å². The number of carbonyl (C=O) groups is 2. The van der Waals surface area contributed by atoms with Crippen molar-refractivity contribution in [1.82, 2.24) is 0 Å². The highest BCUT2D eigenvalue weighted by atomic mass is 32.1. The SMILES string of the molecule is CC(=O)c1cc2c(s1)c1sc(C(C)=O)cc1c1c(-c3ccccc3)c(-c3ccccc3)c(-c3ccccc3)c(-c3ccccc3)c21. The lowest BCUT2D eigenvalue weighted by molar-refractivity contribution is 0.101. The predicted octanol–water partition coefficient (Wildman–Crippen LogP) is 12.3. The zero-order valence-corrected chi connectivity index (χ0v) is 27.0. The standard InChI is InChI=1S/C42H28O2S2/c1-25(43)33-23-31-39-37(29-19-11-5-12-20-29)35(27-15-7-3-8-16-27)36(28-17-9-4-10-18-28)38(30-21-13-6-14-22-30)40(39)32-24-34(26(2)44)46-42(32)41(31)45-33/h3-24H,1-2H3. The molecule has 0 saturated heterocycles. The summed E-state index contributed by atoms with van der Waals surface area (Å²) in [6.07, 6.45) is 0. The maximum absolute atomic E-state index is 12.9. The highest BCUT2D eigenvalue weighted by molar-refractivity contribution is 7.29. The van der Waals surface area contributed by atoms with Crippen LogP contribution in [0.3, 0.4) is 0 Å². The molecule has 2 heterocycles. The number of thiophene rings is 2. The molecule has 2 nitrogen and oxygen atoms in total. The molecule has 0 bridgehead atoms. The molecule has 8 rings (SSSR count). The molecule has 0 unspecified atom stereocenters. The van der Waals surface area contributed by atoms with Crippen molar-refractivity contribution < 1.29 is 9.59 Å². The number of hydrogen-bond acceptors (Lipinski definition) is 4. The summed E-state index contributed by atoms with van der Waals surface area (Å²) in [4.78, 5) is 27.3. The Morgan fingerprint density at radius 2 is 0.696 bits per heavy atom. The van der Waals surface area contributed by atoms with Crippen molar-refractivity contribution in [1.29, 1.82) is 0 Å². The fourth-order valence-corrected chi connectivity index (χ4v) is 8.98. The maximum atomic E-state index is 12.9. The molecule has 0 aliphatic heterocycles. The second kappa shape index (κ2) is 11.3. The zero-order chi connectivity index (χ0) is 31.4. The van der Waals surface area contributed by atoms with E-state index in [1.807, 2.05) is 0 Å². The van der Waals surface area contributed by atoms with E-state index in [4.69, 9.17) is 0 Å². The zero-order valence-electron chi connectivity index (χ0n) is 25.3. The Morgan fingerprint density at radius 1 is 0.413 bits per heavy atom. The largest absolute Gasteiger partial charge is 0.294 e. The average Bonchev–Trinajstić information content (AvgIpc) is 3.75. The van der Waals surface area contributed by atoms with Crippen molar-refractivity contribution in [2.45, 2.75) is 13.8 Å². The van der Waals surface area contributed by atoms with Crippen LogP contribution in [0, 0.1) is 0 Å². The summed E-state index contributed by atoms with van der Waals surface area (Å²) < 4.78 is 2.10. The summed E-state index contributed by atoms with van der Waals surface area (Å²) in [5, 5.41) is 4.29. The molecule has 0 saturated carbocycles. The van der Waals surface area contributed by atoms with Gasteiger partial charge in [-0.2, -0.15) is 0 Å². The third-order valence-corrected chi connectivity index (χ3v) is 11.3. The van der Waals surface area contributed by atoms with E-state index >= 15 is 0 Å². The van der Waals surface area contributed by atoms with Crippen molar-refractivity contribution in [3.05, 3.63) is 143 Å². The minimum absolute atomic E-state index is 0.0413. The van der Waals surface area contributed by atoms with Gasteiger partial charge < -0.3 is 0 Å². The van der Waals surface area contributed by atoms with Crippen molar-refractivity contribution in [2.24, 2.45) is 0 Å². The minimum Gasteiger partial charge on any atom is -0.294 e. The molecule has 220 valence electrons. The van der Waals surface area contributed by atoms with E-state index < -0.39 is 0 Å². The molecular formula is C42H28O2S2. The van der Waals surface area contributed by atoms with Gasteiger partial charge in [-0.1, -0.05) is 121 Å². The lowest BCUT2D eigenvalue weighted by Crippen LogP contribution is -1.98. The maximum Gasteiger partial charge on any atom is 0.169 e. The molecule has 0 aliphatic carbocycles. The summed E-state index contributed by atoms with van der Waals surface area (Å²) in [7, 11) is 0. The minimum atomic E-state index is 0.0413. The summed E-state index contributed by atoms with van der Waals surface area (Å²) in [5.41, 5.74) is 8.95. The van der Waals surface area contributed by atoms with Crippen LogP contribution in [0.5, 0.6) is 0 Å². The molecule has 0 amide bonds. The number of carbonyl (C=O) groups excluding carboxylic acids is 2. The molecule has 0 N–H and O–H groups in total. The van der Waals surface area contributed by atoms with Crippen LogP contribution in [0.2, 0.25) is 0 Å². The van der Waals surface area contributed by atoms with Gasteiger partial charge in [0.15, 0.2) is 11.6 Å². The van der Waals surface area contributed by atoms with E-state index in [2.05, 4.69) is 133 Å². The van der Waals surface area contributed by atoms with Crippen LogP contribution in [-0.2, 0) is 0 Å². The van der Waals surface area contributed by atoms with E-state index in [-0.39, 0.29) is 11.6 Å². The molecule has 0 atom stereocenters. The van der Waals surface area contributed by atoms with Gasteiger partial charge in [0.2, 0.25) is 0 Å². The van der Waals surface area contributed by atoms with Crippen molar-refractivity contribution in [3.8, 4) is 44.5 Å². The summed E-state index contributed by atoms with van der Waals surface area (Å²) in [5.74, 6) is 0.0826. The number of hydrogen-bond donors (Lipinski definition) is 0. The van der Waals surface area contributed by atoms with Gasteiger partial charge in [-0.15, -0.1) is 22.7 Å². The molecule has 2 aromatic heterocycles. The first-order valence-corrected chi connectivity index (χ1v) is 16.9. The second-order valence-corrected chi connectivity index (χ2v) is 13.6. The molecule has 0 spiro atoms. The lowest BCUT2D eigenvalue weighted by atomic mass is 9.77. The Balaban J connectivity index is 1.77. The fraction of sp³-hybridized carbons (Fsp3) is 0.0476. The Morgan fingerprint density at radius 3 is 0.978 bits per heavy atom. The van der Waals surface area contributed by atoms with Crippen molar-refractivity contribution in [3.63, 3.8) is 0 Å². The molecule has 8 aromatic rings. The average molecular weight is 629 g/mol. The molecule has 46 heavy (non-hydrogen) atoms. The molecule has 4 heteroatoms. The van der Waals surface area contributed by atoms with Crippen LogP contribution in [0.4, 0.5) is 0 Å². The third kappa shape index (κ3) is 4.53. The quantitative estimate of drug-likeness (QED) is 0.172. The van der Waals surface area contributed by atoms with Gasteiger partial charge in [-0.3, -0.25) is 9.59 Å². The Hall–Kier alpha value is -5.16. The van der Waals surface area contributed by atoms with Gasteiger partial charge in [0.25, 0.3) is 0 Å². The monoisotopic (exact) mass is 628 g/mol. The summed E-state index contributed by atoms with van der Waals surface area (Å²) in [6.45, 7) is 3.27. The highest BCUT2D eigenvalue weighted by Crippen LogP contribution is 2.56. The first kappa shape index (κ1) is 28.3. The van der Waals surface area contributed by atoms with Gasteiger partial charge >= 0.3 is 0 Å². The number of Topliss-reactive ketones (excluding diaryl/α,β-unsaturated/α-hetero) is 2. The Kier molecular flexibility index (Phi) is 6.97. The number of benzene rings is 6. The predicted molar refractivity (Wildman–Crippen MR) is 196 cm³/mol. The second-order valence-electron chi connectivity index (χ2n) is 11.5. The van der Waals surface area contributed by atoms with Gasteiger partial charge in [0.05, 0.1) is 19.2 Å². The fourth-order valence-electron chi connectivity index (χ4n) is 6.70. The Labute approximate surface area is 275 Å². The van der Waals surface area contributed by atoms with E-state index in [0.29, 0.717) is 0 Å². The number of rotatable bonds is 6. The Bertz CT molecular complexity index is 2260. The van der Waals surface area contributed by atoms with Crippen molar-refractivity contribution >= 4 is 65.2 Å². The van der Waals surface area contributed by atoms with Gasteiger partial charge in [0, 0.05) is 21.5 Å². The highest BCUT2D eigenvalue weighted by Gasteiger charge is 2.28. The normalized spacial score (nSPS) is 11.4. The van der Waals surface area contributed by atoms with Gasteiger partial charge in [0.1, 0.15) is 0 Å². The van der Waals surface area contributed by atoms with Gasteiger partial charge in [-0.25, -0.2) is 0 Å². The molecule has 0 radical (unpaired) electrons. The van der Waals surface area contributed by atoms with E-state index in [9.17, 15) is 9.59 Å². The first-order chi connectivity index (χ1) is 22.5. The van der Waals surface area contributed by atoms with Crippen LogP contribution in [0.15, 0.2) is 133 Å². The van der Waals surface area contributed by atoms with Crippen LogP contribution in [-0.4, -0.2) is 11.6 Å². The van der Waals surface area contributed by atoms with E-state index in [0.717, 1.165) is 85.2 Å². The number of ketones is 2. The van der Waals surface area contributed by atoms with E-state index in [1.165, 1.54) is 22.7 Å². The topological polar surface area (TPSA) is 34.1 Å². The smallest absolute Gasteiger partial charge is 0.169 e. The van der Waals surface area contributed by atoms with Crippen LogP contribution in [0.1, 0.15) is 33.2 Å². The molecule has 0 aliphatic rings. The van der Waals surface area contributed by atoms with E-state index in [1.54, 1.807) is 13.8 Å². The summed E-state index contributed by atoms with van der Waals surface area (Å²) in [6, 6.07) is 46.6. The number of fused-ring (bicyclic) bond motifs is 6. The van der Waals surface area contributed by atoms with Crippen LogP contribution >= 0.6 is 22.7 Å². The summed E-state index contributed by atoms with van der Waals surface area (Å²) >= 11 is 3.06. The molecular weight excluding hydrogens is 601 g/mol. The molecule has 0 fully saturated rings. The van der Waals surface area contributed by atoms with Gasteiger partial charge in [-0.05, 0) is 70.5 Å². The third-order valence-electron chi connectivity index (χ3n) is 8.65. The first-order valence-electron chi connectivity index (χ1n) is 15.3. The van der Waals surface area contributed by atoms with Crippen LogP contribution in [0.25, 0.3) is 75.5 Å². The molecule has 6 aromatic carbocycles. The lowest BCUT2D eigenvalue weighted by Gasteiger charge is -2.25. The van der Waals surface area contributed by atoms with Crippen molar-refractivity contribution in [2.75, 3.05) is 0 Å².